The van der Waals surface area contributed by atoms with E-state index in [0.29, 0.717) is 5.92 Å². The Morgan fingerprint density at radius 3 is 2.42 bits per heavy atom. The molecule has 0 unspecified atom stereocenters. The van der Waals surface area contributed by atoms with Crippen molar-refractivity contribution in [3.8, 4) is 0 Å². The largest absolute Gasteiger partial charge is 0.396 e. The first kappa shape index (κ1) is 14.5. The minimum atomic E-state index is -0.428. The highest BCUT2D eigenvalue weighted by Gasteiger charge is 2.26. The van der Waals surface area contributed by atoms with Crippen molar-refractivity contribution in [1.82, 2.24) is 5.32 Å². The molecule has 1 fully saturated rings. The van der Waals surface area contributed by atoms with Crippen LogP contribution in [0.15, 0.2) is 24.3 Å². The number of hydrogen-bond acceptors (Lipinski definition) is 3. The molecule has 1 saturated heterocycles. The summed E-state index contributed by atoms with van der Waals surface area (Å²) >= 11 is 0. The molecule has 0 saturated carbocycles. The maximum absolute atomic E-state index is 9.48. The van der Waals surface area contributed by atoms with Gasteiger partial charge in [0.05, 0.1) is 13.2 Å². The van der Waals surface area contributed by atoms with Crippen molar-refractivity contribution >= 4 is 0 Å². The molecule has 1 aromatic rings. The summed E-state index contributed by atoms with van der Waals surface area (Å²) in [4.78, 5) is 0. The summed E-state index contributed by atoms with van der Waals surface area (Å²) in [7, 11) is 0. The Kier molecular flexibility index (Phi) is 4.97. The van der Waals surface area contributed by atoms with Gasteiger partial charge in [-0.05, 0) is 49.4 Å². The van der Waals surface area contributed by atoms with E-state index in [1.54, 1.807) is 0 Å². The Hall–Kier alpha value is -0.900. The van der Waals surface area contributed by atoms with Gasteiger partial charge < -0.3 is 15.5 Å². The quantitative estimate of drug-likeness (QED) is 0.757. The van der Waals surface area contributed by atoms with E-state index in [1.807, 2.05) is 6.92 Å². The fourth-order valence-electron chi connectivity index (χ4n) is 2.85. The highest BCUT2D eigenvalue weighted by Crippen LogP contribution is 2.31. The van der Waals surface area contributed by atoms with Crippen molar-refractivity contribution < 1.29 is 10.2 Å². The van der Waals surface area contributed by atoms with Crippen LogP contribution >= 0.6 is 0 Å². The fraction of sp³-hybridized carbons (Fsp3) is 0.625. The minimum absolute atomic E-state index is 0.0179. The maximum atomic E-state index is 9.48. The Bertz CT molecular complexity index is 395. The highest BCUT2D eigenvalue weighted by molar-refractivity contribution is 5.32. The highest BCUT2D eigenvalue weighted by atomic mass is 16.3. The molecule has 1 heterocycles. The molecule has 0 atom stereocenters. The molecule has 1 aliphatic heterocycles. The molecule has 0 aliphatic carbocycles. The van der Waals surface area contributed by atoms with Gasteiger partial charge in [-0.2, -0.15) is 0 Å². The third-order valence-electron chi connectivity index (χ3n) is 4.21. The van der Waals surface area contributed by atoms with E-state index >= 15 is 0 Å². The average Bonchev–Trinajstić information content (AvgIpc) is 2.48. The van der Waals surface area contributed by atoms with E-state index in [4.69, 9.17) is 0 Å². The lowest BCUT2D eigenvalue weighted by atomic mass is 9.79. The number of nitrogens with one attached hydrogen (secondary N) is 1. The van der Waals surface area contributed by atoms with E-state index in [9.17, 15) is 10.2 Å². The molecule has 0 amide bonds. The van der Waals surface area contributed by atoms with Crippen LogP contribution in [0.3, 0.4) is 0 Å². The maximum Gasteiger partial charge on any atom is 0.0509 e. The van der Waals surface area contributed by atoms with Gasteiger partial charge in [0, 0.05) is 5.41 Å². The molecule has 1 aliphatic rings. The summed E-state index contributed by atoms with van der Waals surface area (Å²) in [6.45, 7) is 4.13. The topological polar surface area (TPSA) is 52.5 Å². The second-order valence-electron chi connectivity index (χ2n) is 6.03. The smallest absolute Gasteiger partial charge is 0.0509 e. The third-order valence-corrected chi connectivity index (χ3v) is 4.21. The van der Waals surface area contributed by atoms with Gasteiger partial charge in [0.2, 0.25) is 0 Å². The van der Waals surface area contributed by atoms with Crippen LogP contribution in [0.4, 0.5) is 0 Å². The molecule has 3 N–H and O–H groups in total. The van der Waals surface area contributed by atoms with Gasteiger partial charge in [-0.25, -0.2) is 0 Å². The van der Waals surface area contributed by atoms with Gasteiger partial charge in [-0.3, -0.25) is 0 Å². The van der Waals surface area contributed by atoms with Crippen molar-refractivity contribution in [2.45, 2.75) is 32.1 Å². The summed E-state index contributed by atoms with van der Waals surface area (Å²) in [6.07, 6.45) is 3.08. The SMILES string of the molecule is CC(CO)(CO)Cc1ccccc1C1CCNCC1. The fourth-order valence-corrected chi connectivity index (χ4v) is 2.85. The second-order valence-corrected chi connectivity index (χ2v) is 6.03. The first-order chi connectivity index (χ1) is 9.18. The Morgan fingerprint density at radius 1 is 1.16 bits per heavy atom. The molecular formula is C16H25NO2. The monoisotopic (exact) mass is 263 g/mol. The van der Waals surface area contributed by atoms with Gasteiger partial charge in [0.25, 0.3) is 0 Å². The third kappa shape index (κ3) is 3.56. The van der Waals surface area contributed by atoms with Crippen molar-refractivity contribution in [2.75, 3.05) is 26.3 Å². The normalized spacial score (nSPS) is 17.6. The van der Waals surface area contributed by atoms with Crippen LogP contribution in [0, 0.1) is 5.41 Å². The van der Waals surface area contributed by atoms with Crippen LogP contribution in [-0.4, -0.2) is 36.5 Å². The molecule has 3 heteroatoms. The van der Waals surface area contributed by atoms with E-state index in [-0.39, 0.29) is 13.2 Å². The zero-order chi connectivity index (χ0) is 13.7. The zero-order valence-corrected chi connectivity index (χ0v) is 11.7. The molecule has 3 nitrogen and oxygen atoms in total. The summed E-state index contributed by atoms with van der Waals surface area (Å²) in [5, 5.41) is 22.4. The molecule has 0 radical (unpaired) electrons. The Balaban J connectivity index is 2.20. The second kappa shape index (κ2) is 6.51. The van der Waals surface area contributed by atoms with Crippen LogP contribution in [-0.2, 0) is 6.42 Å². The van der Waals surface area contributed by atoms with Crippen LogP contribution in [0.2, 0.25) is 0 Å². The van der Waals surface area contributed by atoms with Crippen molar-refractivity contribution in [1.29, 1.82) is 0 Å². The van der Waals surface area contributed by atoms with Crippen LogP contribution < -0.4 is 5.32 Å². The summed E-state index contributed by atoms with van der Waals surface area (Å²) in [5.41, 5.74) is 2.25. The Labute approximate surface area is 115 Å². The minimum Gasteiger partial charge on any atom is -0.396 e. The Morgan fingerprint density at radius 2 is 1.79 bits per heavy atom. The predicted molar refractivity (Wildman–Crippen MR) is 77.3 cm³/mol. The lowest BCUT2D eigenvalue weighted by Gasteiger charge is -2.29. The summed E-state index contributed by atoms with van der Waals surface area (Å²) in [6, 6.07) is 8.49. The van der Waals surface area contributed by atoms with E-state index in [0.717, 1.165) is 19.5 Å². The molecule has 0 spiro atoms. The van der Waals surface area contributed by atoms with Crippen LogP contribution in [0.25, 0.3) is 0 Å². The summed E-state index contributed by atoms with van der Waals surface area (Å²) in [5.74, 6) is 0.610. The number of aliphatic hydroxyl groups excluding tert-OH is 2. The molecule has 0 bridgehead atoms. The van der Waals surface area contributed by atoms with E-state index in [1.165, 1.54) is 24.0 Å². The molecule has 19 heavy (non-hydrogen) atoms. The van der Waals surface area contributed by atoms with Crippen molar-refractivity contribution in [3.63, 3.8) is 0 Å². The molecule has 1 aromatic carbocycles. The lowest BCUT2D eigenvalue weighted by molar-refractivity contribution is 0.0701. The number of piperidine rings is 1. The van der Waals surface area contributed by atoms with Gasteiger partial charge in [0.1, 0.15) is 0 Å². The summed E-state index contributed by atoms with van der Waals surface area (Å²) < 4.78 is 0. The van der Waals surface area contributed by atoms with Crippen LogP contribution in [0.1, 0.15) is 36.8 Å². The van der Waals surface area contributed by atoms with Crippen molar-refractivity contribution in [2.24, 2.45) is 5.41 Å². The number of benzene rings is 1. The lowest BCUT2D eigenvalue weighted by Crippen LogP contribution is -2.30. The standard InChI is InChI=1S/C16H25NO2/c1-16(11-18,12-19)10-14-4-2-3-5-15(14)13-6-8-17-9-7-13/h2-5,13,17-19H,6-12H2,1H3. The molecule has 2 rings (SSSR count). The van der Waals surface area contributed by atoms with Gasteiger partial charge in [0.15, 0.2) is 0 Å². The van der Waals surface area contributed by atoms with Gasteiger partial charge >= 0.3 is 0 Å². The predicted octanol–water partition coefficient (Wildman–Crippen LogP) is 1.69. The number of rotatable bonds is 5. The van der Waals surface area contributed by atoms with Gasteiger partial charge in [-0.15, -0.1) is 0 Å². The van der Waals surface area contributed by atoms with E-state index in [2.05, 4.69) is 29.6 Å². The van der Waals surface area contributed by atoms with Gasteiger partial charge in [-0.1, -0.05) is 31.2 Å². The molecular weight excluding hydrogens is 238 g/mol. The number of hydrogen-bond donors (Lipinski definition) is 3. The molecule has 0 aromatic heterocycles. The average molecular weight is 263 g/mol. The first-order valence-corrected chi connectivity index (χ1v) is 7.19. The van der Waals surface area contributed by atoms with Crippen LogP contribution in [0.5, 0.6) is 0 Å². The first-order valence-electron chi connectivity index (χ1n) is 7.19. The zero-order valence-electron chi connectivity index (χ0n) is 11.7. The van der Waals surface area contributed by atoms with E-state index < -0.39 is 5.41 Å². The van der Waals surface area contributed by atoms with Crippen molar-refractivity contribution in [3.05, 3.63) is 35.4 Å². The molecule has 106 valence electrons. The number of aliphatic hydroxyl groups is 2.